The van der Waals surface area contributed by atoms with Gasteiger partial charge in [0, 0.05) is 6.54 Å². The molecule has 5 heteroatoms. The molecule has 0 aromatic heterocycles. The Hall–Kier alpha value is -1.59. The lowest BCUT2D eigenvalue weighted by molar-refractivity contribution is -0.122. The second-order valence-electron chi connectivity index (χ2n) is 3.99. The normalized spacial score (nSPS) is 18.2. The van der Waals surface area contributed by atoms with Gasteiger partial charge in [-0.2, -0.15) is 0 Å². The number of hydrogen-bond acceptors (Lipinski definition) is 4. The van der Waals surface area contributed by atoms with Crippen LogP contribution >= 0.6 is 0 Å². The summed E-state index contributed by atoms with van der Waals surface area (Å²) < 4.78 is 5.46. The van der Waals surface area contributed by atoms with E-state index in [0.29, 0.717) is 12.3 Å². The Bertz CT molecular complexity index is 420. The van der Waals surface area contributed by atoms with Crippen molar-refractivity contribution in [3.63, 3.8) is 0 Å². The van der Waals surface area contributed by atoms with Crippen LogP contribution in [0.1, 0.15) is 12.5 Å². The molecule has 1 atom stereocenters. The number of aliphatic hydroxyl groups is 1. The van der Waals surface area contributed by atoms with Crippen molar-refractivity contribution in [1.29, 1.82) is 0 Å². The lowest BCUT2D eigenvalue weighted by Gasteiger charge is -2.23. The van der Waals surface area contributed by atoms with E-state index < -0.39 is 6.10 Å². The quantitative estimate of drug-likeness (QED) is 0.525. The first kappa shape index (κ1) is 11.9. The Morgan fingerprint density at radius 2 is 2.35 bits per heavy atom. The van der Waals surface area contributed by atoms with Crippen LogP contribution in [-0.4, -0.2) is 30.4 Å². The highest BCUT2D eigenvalue weighted by Gasteiger charge is 2.23. The van der Waals surface area contributed by atoms with Crippen LogP contribution in [0.5, 0.6) is 5.75 Å². The second kappa shape index (κ2) is 5.16. The van der Waals surface area contributed by atoms with Crippen LogP contribution in [-0.2, 0) is 11.2 Å². The lowest BCUT2D eigenvalue weighted by Crippen LogP contribution is -2.34. The van der Waals surface area contributed by atoms with Gasteiger partial charge >= 0.3 is 0 Å². The molecule has 1 aromatic carbocycles. The summed E-state index contributed by atoms with van der Waals surface area (Å²) in [5.41, 5.74) is 1.80. The summed E-state index contributed by atoms with van der Waals surface area (Å²) in [4.78, 5) is 11.4. The molecule has 1 unspecified atom stereocenters. The minimum Gasteiger partial charge on any atom is -0.479 e. The zero-order chi connectivity index (χ0) is 12.3. The molecule has 92 valence electrons. The maximum Gasteiger partial charge on any atom is 0.265 e. The molecule has 5 nitrogen and oxygen atoms in total. The molecule has 1 aliphatic rings. The number of amides is 1. The molecular weight excluding hydrogens is 220 g/mol. The van der Waals surface area contributed by atoms with Gasteiger partial charge in [0.05, 0.1) is 12.4 Å². The number of aliphatic hydroxyl groups excluding tert-OH is 1. The van der Waals surface area contributed by atoms with E-state index in [0.717, 1.165) is 17.7 Å². The Kier molecular flexibility index (Phi) is 3.61. The van der Waals surface area contributed by atoms with Crippen molar-refractivity contribution >= 4 is 11.6 Å². The van der Waals surface area contributed by atoms with Crippen molar-refractivity contribution in [2.45, 2.75) is 19.4 Å². The van der Waals surface area contributed by atoms with Crippen LogP contribution < -0.4 is 15.4 Å². The van der Waals surface area contributed by atoms with Gasteiger partial charge in [-0.25, -0.2) is 0 Å². The van der Waals surface area contributed by atoms with Gasteiger partial charge in [-0.15, -0.1) is 0 Å². The SMILES string of the molecule is CC1Oc2ccc(CCNCO)cc2NC1=O. The van der Waals surface area contributed by atoms with E-state index in [9.17, 15) is 4.79 Å². The van der Waals surface area contributed by atoms with E-state index in [1.165, 1.54) is 0 Å². The fourth-order valence-corrected chi connectivity index (χ4v) is 1.72. The van der Waals surface area contributed by atoms with Gasteiger partial charge in [0.15, 0.2) is 6.10 Å². The first-order valence-electron chi connectivity index (χ1n) is 5.62. The molecule has 1 amide bonds. The molecule has 0 spiro atoms. The van der Waals surface area contributed by atoms with Crippen LogP contribution in [0.25, 0.3) is 0 Å². The topological polar surface area (TPSA) is 70.6 Å². The Morgan fingerprint density at radius 1 is 1.53 bits per heavy atom. The fraction of sp³-hybridized carbons (Fsp3) is 0.417. The molecule has 0 radical (unpaired) electrons. The van der Waals surface area contributed by atoms with Crippen LogP contribution in [0.15, 0.2) is 18.2 Å². The molecule has 0 bridgehead atoms. The molecule has 0 saturated carbocycles. The Balaban J connectivity index is 2.09. The van der Waals surface area contributed by atoms with Crippen LogP contribution in [0.4, 0.5) is 5.69 Å². The van der Waals surface area contributed by atoms with E-state index >= 15 is 0 Å². The number of hydrogen-bond donors (Lipinski definition) is 3. The van der Waals surface area contributed by atoms with Gasteiger partial charge in [-0.1, -0.05) is 6.07 Å². The van der Waals surface area contributed by atoms with Gasteiger partial charge in [-0.3, -0.25) is 10.1 Å². The highest BCUT2D eigenvalue weighted by Crippen LogP contribution is 2.30. The number of anilines is 1. The highest BCUT2D eigenvalue weighted by atomic mass is 16.5. The van der Waals surface area contributed by atoms with Crippen LogP contribution in [0.2, 0.25) is 0 Å². The summed E-state index contributed by atoms with van der Waals surface area (Å²) in [7, 11) is 0. The molecule has 0 fully saturated rings. The van der Waals surface area contributed by atoms with Gasteiger partial charge in [0.25, 0.3) is 5.91 Å². The maximum atomic E-state index is 11.4. The fourth-order valence-electron chi connectivity index (χ4n) is 1.72. The third-order valence-electron chi connectivity index (χ3n) is 2.68. The van der Waals surface area contributed by atoms with E-state index in [-0.39, 0.29) is 12.6 Å². The van der Waals surface area contributed by atoms with Crippen molar-refractivity contribution in [3.8, 4) is 5.75 Å². The van der Waals surface area contributed by atoms with E-state index in [1.54, 1.807) is 6.92 Å². The Labute approximate surface area is 99.8 Å². The number of nitrogens with one attached hydrogen (secondary N) is 2. The van der Waals surface area contributed by atoms with Crippen molar-refractivity contribution in [3.05, 3.63) is 23.8 Å². The van der Waals surface area contributed by atoms with E-state index in [2.05, 4.69) is 10.6 Å². The number of carbonyl (C=O) groups is 1. The summed E-state index contributed by atoms with van der Waals surface area (Å²) >= 11 is 0. The molecular formula is C12H16N2O3. The number of carbonyl (C=O) groups excluding carboxylic acids is 1. The van der Waals surface area contributed by atoms with E-state index in [1.807, 2.05) is 18.2 Å². The summed E-state index contributed by atoms with van der Waals surface area (Å²) in [6, 6.07) is 5.72. The monoisotopic (exact) mass is 236 g/mol. The maximum absolute atomic E-state index is 11.4. The third-order valence-corrected chi connectivity index (χ3v) is 2.68. The smallest absolute Gasteiger partial charge is 0.265 e. The molecule has 1 heterocycles. The molecule has 2 rings (SSSR count). The van der Waals surface area contributed by atoms with Crippen LogP contribution in [0.3, 0.4) is 0 Å². The van der Waals surface area contributed by atoms with Crippen LogP contribution in [0, 0.1) is 0 Å². The molecule has 0 saturated heterocycles. The van der Waals surface area contributed by atoms with E-state index in [4.69, 9.17) is 9.84 Å². The minimum atomic E-state index is -0.440. The number of fused-ring (bicyclic) bond motifs is 1. The second-order valence-corrected chi connectivity index (χ2v) is 3.99. The zero-order valence-electron chi connectivity index (χ0n) is 9.69. The predicted molar refractivity (Wildman–Crippen MR) is 64.0 cm³/mol. The first-order valence-corrected chi connectivity index (χ1v) is 5.62. The molecule has 3 N–H and O–H groups in total. The average molecular weight is 236 g/mol. The summed E-state index contributed by atoms with van der Waals surface area (Å²) in [6.45, 7) is 2.39. The van der Waals surface area contributed by atoms with Crippen molar-refractivity contribution in [2.75, 3.05) is 18.6 Å². The van der Waals surface area contributed by atoms with Crippen molar-refractivity contribution < 1.29 is 14.6 Å². The van der Waals surface area contributed by atoms with Gasteiger partial charge in [0.1, 0.15) is 5.75 Å². The minimum absolute atomic E-state index is 0.0255. The number of rotatable bonds is 4. The van der Waals surface area contributed by atoms with Gasteiger partial charge < -0.3 is 15.2 Å². The largest absolute Gasteiger partial charge is 0.479 e. The molecule has 17 heavy (non-hydrogen) atoms. The van der Waals surface area contributed by atoms with Crippen molar-refractivity contribution in [1.82, 2.24) is 5.32 Å². The number of benzene rings is 1. The standard InChI is InChI=1S/C12H16N2O3/c1-8-12(16)14-10-6-9(4-5-13-7-15)2-3-11(10)17-8/h2-3,6,8,13,15H,4-5,7H2,1H3,(H,14,16). The highest BCUT2D eigenvalue weighted by molar-refractivity contribution is 5.97. The molecule has 1 aromatic rings. The zero-order valence-corrected chi connectivity index (χ0v) is 9.69. The first-order chi connectivity index (χ1) is 8.20. The summed E-state index contributed by atoms with van der Waals surface area (Å²) in [5.74, 6) is 0.583. The Morgan fingerprint density at radius 3 is 3.12 bits per heavy atom. The molecule has 1 aliphatic heterocycles. The summed E-state index contributed by atoms with van der Waals surface area (Å²) in [6.07, 6.45) is 0.351. The van der Waals surface area contributed by atoms with Crippen molar-refractivity contribution in [2.24, 2.45) is 0 Å². The summed E-state index contributed by atoms with van der Waals surface area (Å²) in [5, 5.41) is 14.2. The third kappa shape index (κ3) is 2.75. The number of ether oxygens (including phenoxy) is 1. The average Bonchev–Trinajstić information content (AvgIpc) is 2.31. The predicted octanol–water partition coefficient (Wildman–Crippen LogP) is 0.488. The van der Waals surface area contributed by atoms with Gasteiger partial charge in [-0.05, 0) is 31.0 Å². The lowest BCUT2D eigenvalue weighted by atomic mass is 10.1. The van der Waals surface area contributed by atoms with Gasteiger partial charge in [0.2, 0.25) is 0 Å². The molecule has 0 aliphatic carbocycles.